The Morgan fingerprint density at radius 1 is 1.20 bits per heavy atom. The summed E-state index contributed by atoms with van der Waals surface area (Å²) in [5.41, 5.74) is 2.41. The molecule has 0 spiro atoms. The largest absolute Gasteiger partial charge is 0.381 e. The molecule has 0 aliphatic rings. The predicted octanol–water partition coefficient (Wildman–Crippen LogP) is 4.16. The lowest BCUT2D eigenvalue weighted by Gasteiger charge is -2.10. The zero-order valence-electron chi connectivity index (χ0n) is 10.9. The van der Waals surface area contributed by atoms with Gasteiger partial charge >= 0.3 is 0 Å². The van der Waals surface area contributed by atoms with E-state index in [1.807, 2.05) is 30.3 Å². The summed E-state index contributed by atoms with van der Waals surface area (Å²) in [6, 6.07) is 12.3. The van der Waals surface area contributed by atoms with Gasteiger partial charge in [-0.15, -0.1) is 0 Å². The van der Waals surface area contributed by atoms with Crippen molar-refractivity contribution in [1.29, 1.82) is 0 Å². The lowest BCUT2D eigenvalue weighted by atomic mass is 10.2. The molecule has 0 heterocycles. The average molecular weight is 337 g/mol. The van der Waals surface area contributed by atoms with E-state index in [0.717, 1.165) is 16.9 Å². The zero-order chi connectivity index (χ0) is 14.5. The molecular weight excluding hydrogens is 323 g/mol. The minimum Gasteiger partial charge on any atom is -0.381 e. The summed E-state index contributed by atoms with van der Waals surface area (Å²) in [6.45, 7) is 1.95. The second-order valence-electron chi connectivity index (χ2n) is 4.33. The van der Waals surface area contributed by atoms with Gasteiger partial charge in [-0.1, -0.05) is 18.2 Å². The van der Waals surface area contributed by atoms with Crippen LogP contribution in [0.5, 0.6) is 0 Å². The third-order valence-corrected chi connectivity index (χ3v) is 3.59. The third kappa shape index (κ3) is 3.81. The van der Waals surface area contributed by atoms with Gasteiger partial charge in [0.25, 0.3) is 0 Å². The Kier molecular flexibility index (Phi) is 4.74. The molecule has 0 unspecified atom stereocenters. The Hall–Kier alpha value is -1.88. The summed E-state index contributed by atoms with van der Waals surface area (Å²) >= 11 is 3.23. The summed E-state index contributed by atoms with van der Waals surface area (Å²) in [6.07, 6.45) is 0. The highest BCUT2D eigenvalue weighted by Gasteiger charge is 2.05. The number of rotatable bonds is 4. The van der Waals surface area contributed by atoms with Gasteiger partial charge in [-0.25, -0.2) is 4.39 Å². The first-order chi connectivity index (χ1) is 9.56. The summed E-state index contributed by atoms with van der Waals surface area (Å²) in [7, 11) is 0. The lowest BCUT2D eigenvalue weighted by Crippen LogP contribution is -2.06. The normalized spacial score (nSPS) is 10.2. The Balaban J connectivity index is 2.07. The SMILES string of the molecule is CC(=O)Nc1cccc(NCc2cccc(F)c2Br)c1. The molecule has 0 saturated carbocycles. The maximum atomic E-state index is 13.4. The van der Waals surface area contributed by atoms with Gasteiger partial charge in [-0.2, -0.15) is 0 Å². The van der Waals surface area contributed by atoms with Crippen LogP contribution in [0.2, 0.25) is 0 Å². The predicted molar refractivity (Wildman–Crippen MR) is 82.2 cm³/mol. The van der Waals surface area contributed by atoms with Crippen molar-refractivity contribution >= 4 is 33.2 Å². The smallest absolute Gasteiger partial charge is 0.221 e. The van der Waals surface area contributed by atoms with Crippen LogP contribution < -0.4 is 10.6 Å². The van der Waals surface area contributed by atoms with E-state index in [-0.39, 0.29) is 11.7 Å². The Labute approximate surface area is 125 Å². The van der Waals surface area contributed by atoms with E-state index in [0.29, 0.717) is 11.0 Å². The molecule has 2 N–H and O–H groups in total. The van der Waals surface area contributed by atoms with E-state index in [1.54, 1.807) is 6.07 Å². The van der Waals surface area contributed by atoms with Crippen LogP contribution in [0.4, 0.5) is 15.8 Å². The molecule has 5 heteroatoms. The van der Waals surface area contributed by atoms with E-state index >= 15 is 0 Å². The first kappa shape index (κ1) is 14.5. The van der Waals surface area contributed by atoms with Gasteiger partial charge < -0.3 is 10.6 Å². The molecule has 2 aromatic rings. The summed E-state index contributed by atoms with van der Waals surface area (Å²) in [5.74, 6) is -0.397. The lowest BCUT2D eigenvalue weighted by molar-refractivity contribution is -0.114. The van der Waals surface area contributed by atoms with E-state index < -0.39 is 0 Å². The van der Waals surface area contributed by atoms with Crippen LogP contribution in [-0.4, -0.2) is 5.91 Å². The van der Waals surface area contributed by atoms with Crippen molar-refractivity contribution in [2.45, 2.75) is 13.5 Å². The fourth-order valence-electron chi connectivity index (χ4n) is 1.79. The van der Waals surface area contributed by atoms with Crippen LogP contribution in [0.15, 0.2) is 46.9 Å². The molecule has 0 fully saturated rings. The number of carbonyl (C=O) groups is 1. The van der Waals surface area contributed by atoms with Gasteiger partial charge in [0.15, 0.2) is 0 Å². The van der Waals surface area contributed by atoms with E-state index in [1.165, 1.54) is 13.0 Å². The summed E-state index contributed by atoms with van der Waals surface area (Å²) in [5, 5.41) is 5.91. The van der Waals surface area contributed by atoms with Crippen LogP contribution in [0, 0.1) is 5.82 Å². The van der Waals surface area contributed by atoms with Crippen molar-refractivity contribution in [1.82, 2.24) is 0 Å². The number of hydrogen-bond donors (Lipinski definition) is 2. The molecule has 0 atom stereocenters. The van der Waals surface area contributed by atoms with Crippen molar-refractivity contribution in [3.05, 3.63) is 58.3 Å². The van der Waals surface area contributed by atoms with Gasteiger partial charge in [0, 0.05) is 24.8 Å². The highest BCUT2D eigenvalue weighted by Crippen LogP contribution is 2.22. The number of amides is 1. The molecule has 0 aliphatic heterocycles. The second kappa shape index (κ2) is 6.52. The minimum atomic E-state index is -0.281. The number of benzene rings is 2. The molecule has 0 bridgehead atoms. The topological polar surface area (TPSA) is 41.1 Å². The van der Waals surface area contributed by atoms with Gasteiger partial charge in [-0.3, -0.25) is 4.79 Å². The number of anilines is 2. The van der Waals surface area contributed by atoms with Crippen molar-refractivity contribution < 1.29 is 9.18 Å². The van der Waals surface area contributed by atoms with Crippen LogP contribution in [0.1, 0.15) is 12.5 Å². The highest BCUT2D eigenvalue weighted by atomic mass is 79.9. The number of hydrogen-bond acceptors (Lipinski definition) is 2. The van der Waals surface area contributed by atoms with Crippen molar-refractivity contribution in [3.8, 4) is 0 Å². The van der Waals surface area contributed by atoms with Crippen LogP contribution in [0.25, 0.3) is 0 Å². The average Bonchev–Trinajstić information content (AvgIpc) is 2.40. The molecule has 1 amide bonds. The van der Waals surface area contributed by atoms with Crippen LogP contribution in [0.3, 0.4) is 0 Å². The molecule has 0 aliphatic carbocycles. The fraction of sp³-hybridized carbons (Fsp3) is 0.133. The fourth-order valence-corrected chi connectivity index (χ4v) is 2.20. The molecule has 2 rings (SSSR count). The Morgan fingerprint density at radius 2 is 1.90 bits per heavy atom. The Morgan fingerprint density at radius 3 is 2.65 bits per heavy atom. The summed E-state index contributed by atoms with van der Waals surface area (Å²) in [4.78, 5) is 11.0. The molecule has 104 valence electrons. The van der Waals surface area contributed by atoms with Gasteiger partial charge in [0.05, 0.1) is 4.47 Å². The zero-order valence-corrected chi connectivity index (χ0v) is 12.5. The van der Waals surface area contributed by atoms with Crippen LogP contribution in [-0.2, 0) is 11.3 Å². The first-order valence-corrected chi connectivity index (χ1v) is 6.90. The Bertz CT molecular complexity index is 631. The van der Waals surface area contributed by atoms with E-state index in [4.69, 9.17) is 0 Å². The molecular formula is C15H14BrFN2O. The maximum absolute atomic E-state index is 13.4. The van der Waals surface area contributed by atoms with Crippen molar-refractivity contribution in [3.63, 3.8) is 0 Å². The minimum absolute atomic E-state index is 0.116. The maximum Gasteiger partial charge on any atom is 0.221 e. The highest BCUT2D eigenvalue weighted by molar-refractivity contribution is 9.10. The second-order valence-corrected chi connectivity index (χ2v) is 5.12. The van der Waals surface area contributed by atoms with E-state index in [9.17, 15) is 9.18 Å². The molecule has 2 aromatic carbocycles. The molecule has 0 aromatic heterocycles. The molecule has 0 radical (unpaired) electrons. The summed E-state index contributed by atoms with van der Waals surface area (Å²) < 4.78 is 13.9. The van der Waals surface area contributed by atoms with Crippen LogP contribution >= 0.6 is 15.9 Å². The van der Waals surface area contributed by atoms with Gasteiger partial charge in [0.2, 0.25) is 5.91 Å². The van der Waals surface area contributed by atoms with Crippen molar-refractivity contribution in [2.75, 3.05) is 10.6 Å². The first-order valence-electron chi connectivity index (χ1n) is 6.10. The third-order valence-electron chi connectivity index (χ3n) is 2.70. The molecule has 3 nitrogen and oxygen atoms in total. The monoisotopic (exact) mass is 336 g/mol. The van der Waals surface area contributed by atoms with E-state index in [2.05, 4.69) is 26.6 Å². The number of nitrogens with one attached hydrogen (secondary N) is 2. The molecule has 0 saturated heterocycles. The quantitative estimate of drug-likeness (QED) is 0.880. The van der Waals surface area contributed by atoms with Gasteiger partial charge in [-0.05, 0) is 45.8 Å². The van der Waals surface area contributed by atoms with Gasteiger partial charge in [0.1, 0.15) is 5.82 Å². The van der Waals surface area contributed by atoms with Crippen molar-refractivity contribution in [2.24, 2.45) is 0 Å². The standard InChI is InChI=1S/C15H14BrFN2O/c1-10(20)19-13-6-3-5-12(8-13)18-9-11-4-2-7-14(17)15(11)16/h2-8,18H,9H2,1H3,(H,19,20). The number of carbonyl (C=O) groups excluding carboxylic acids is 1. The molecule has 20 heavy (non-hydrogen) atoms. The number of halogens is 2.